The minimum atomic E-state index is -3.37. The molecule has 6 heteroatoms. The molecule has 1 aliphatic carbocycles. The predicted molar refractivity (Wildman–Crippen MR) is 64.3 cm³/mol. The van der Waals surface area contributed by atoms with Gasteiger partial charge < -0.3 is 0 Å². The molecule has 1 aliphatic heterocycles. The molecule has 2 fully saturated rings. The Kier molecular flexibility index (Phi) is 2.65. The van der Waals surface area contributed by atoms with Gasteiger partial charge in [0.15, 0.2) is 0 Å². The topological polar surface area (TPSA) is 50.3 Å². The summed E-state index contributed by atoms with van der Waals surface area (Å²) in [6.07, 6.45) is 4.50. The summed E-state index contributed by atoms with van der Waals surface area (Å²) < 4.78 is 26.4. The lowest BCUT2D eigenvalue weighted by molar-refractivity contribution is 0.333. The fourth-order valence-corrected chi connectivity index (χ4v) is 4.62. The predicted octanol–water partition coefficient (Wildman–Crippen LogP) is 1.91. The van der Waals surface area contributed by atoms with Gasteiger partial charge in [-0.3, -0.25) is 0 Å². The van der Waals surface area contributed by atoms with E-state index in [1.165, 1.54) is 18.3 Å². The number of piperidine rings is 1. The number of nitrogens with zero attached hydrogens (tertiary/aromatic N) is 2. The van der Waals surface area contributed by atoms with Gasteiger partial charge in [-0.2, -0.15) is 4.31 Å². The van der Waals surface area contributed by atoms with Gasteiger partial charge in [0, 0.05) is 18.8 Å². The molecule has 0 N–H and O–H groups in total. The van der Waals surface area contributed by atoms with E-state index >= 15 is 0 Å². The summed E-state index contributed by atoms with van der Waals surface area (Å²) in [6.45, 7) is 0.662. The third kappa shape index (κ3) is 1.86. The lowest BCUT2D eigenvalue weighted by Gasteiger charge is -2.25. The van der Waals surface area contributed by atoms with Crippen LogP contribution in [0.25, 0.3) is 0 Å². The van der Waals surface area contributed by atoms with Crippen LogP contribution in [0.1, 0.15) is 19.3 Å². The molecule has 0 amide bonds. The van der Waals surface area contributed by atoms with E-state index in [4.69, 9.17) is 11.6 Å². The van der Waals surface area contributed by atoms with Crippen molar-refractivity contribution in [3.05, 3.63) is 23.5 Å². The molecule has 4 nitrogen and oxygen atoms in total. The first-order valence-electron chi connectivity index (χ1n) is 5.71. The highest BCUT2D eigenvalue weighted by atomic mass is 35.5. The van der Waals surface area contributed by atoms with Crippen molar-refractivity contribution in [2.75, 3.05) is 6.54 Å². The molecule has 0 aromatic carbocycles. The number of hydrogen-bond donors (Lipinski definition) is 0. The molecule has 1 saturated carbocycles. The highest BCUT2D eigenvalue weighted by molar-refractivity contribution is 7.89. The molecular weight excluding hydrogens is 260 g/mol. The van der Waals surface area contributed by atoms with Gasteiger partial charge in [0.2, 0.25) is 10.0 Å². The first-order valence-corrected chi connectivity index (χ1v) is 7.52. The molecule has 1 aromatic heterocycles. The number of halogens is 1. The maximum atomic E-state index is 12.4. The van der Waals surface area contributed by atoms with Crippen LogP contribution in [-0.4, -0.2) is 30.3 Å². The minimum Gasteiger partial charge on any atom is -0.243 e. The summed E-state index contributed by atoms with van der Waals surface area (Å²) in [5, 5.41) is 0.312. The molecule has 0 spiro atoms. The summed E-state index contributed by atoms with van der Waals surface area (Å²) in [5.74, 6) is 0.551. The van der Waals surface area contributed by atoms with Crippen LogP contribution in [0.2, 0.25) is 5.15 Å². The average Bonchev–Trinajstić information content (AvgIpc) is 2.91. The fraction of sp³-hybridized carbons (Fsp3) is 0.545. The van der Waals surface area contributed by atoms with E-state index in [0.29, 0.717) is 17.6 Å². The van der Waals surface area contributed by atoms with E-state index < -0.39 is 10.0 Å². The lowest BCUT2D eigenvalue weighted by Crippen LogP contribution is -2.37. The van der Waals surface area contributed by atoms with Gasteiger partial charge in [0.25, 0.3) is 0 Å². The number of hydrogen-bond acceptors (Lipinski definition) is 3. The number of rotatable bonds is 2. The summed E-state index contributed by atoms with van der Waals surface area (Å²) >= 11 is 5.66. The van der Waals surface area contributed by atoms with Crippen LogP contribution in [0.4, 0.5) is 0 Å². The number of fused-ring (bicyclic) bond motifs is 2. The largest absolute Gasteiger partial charge is 0.244 e. The van der Waals surface area contributed by atoms with Crippen LogP contribution < -0.4 is 0 Å². The van der Waals surface area contributed by atoms with Crippen molar-refractivity contribution in [1.82, 2.24) is 9.29 Å². The van der Waals surface area contributed by atoms with Crippen molar-refractivity contribution in [2.45, 2.75) is 30.2 Å². The van der Waals surface area contributed by atoms with Crippen LogP contribution in [0.15, 0.2) is 23.2 Å². The molecule has 1 saturated heterocycles. The monoisotopic (exact) mass is 272 g/mol. The van der Waals surface area contributed by atoms with Crippen molar-refractivity contribution in [3.8, 4) is 0 Å². The van der Waals surface area contributed by atoms with Gasteiger partial charge in [-0.05, 0) is 37.3 Å². The van der Waals surface area contributed by atoms with Gasteiger partial charge in [-0.1, -0.05) is 11.6 Å². The van der Waals surface area contributed by atoms with E-state index in [1.807, 2.05) is 0 Å². The molecule has 2 bridgehead atoms. The Hall–Kier alpha value is -0.650. The van der Waals surface area contributed by atoms with E-state index in [9.17, 15) is 8.42 Å². The molecule has 2 unspecified atom stereocenters. The molecule has 2 heterocycles. The molecule has 3 rings (SSSR count). The second-order valence-electron chi connectivity index (χ2n) is 4.72. The maximum absolute atomic E-state index is 12.4. The van der Waals surface area contributed by atoms with Crippen LogP contribution in [-0.2, 0) is 10.0 Å². The van der Waals surface area contributed by atoms with Gasteiger partial charge in [0.05, 0.1) is 0 Å². The Morgan fingerprint density at radius 3 is 2.71 bits per heavy atom. The third-order valence-electron chi connectivity index (χ3n) is 3.67. The van der Waals surface area contributed by atoms with Gasteiger partial charge in [-0.15, -0.1) is 0 Å². The SMILES string of the molecule is O=S(=O)(c1ccc(Cl)nc1)N1CC2CCC1C2. The Labute approximate surface area is 106 Å². The number of pyridine rings is 1. The van der Waals surface area contributed by atoms with Crippen molar-refractivity contribution in [1.29, 1.82) is 0 Å². The number of sulfonamides is 1. The van der Waals surface area contributed by atoms with E-state index in [-0.39, 0.29) is 10.9 Å². The second kappa shape index (κ2) is 3.93. The Bertz CT molecular complexity index is 529. The van der Waals surface area contributed by atoms with E-state index in [2.05, 4.69) is 4.98 Å². The van der Waals surface area contributed by atoms with E-state index in [1.54, 1.807) is 4.31 Å². The average molecular weight is 273 g/mol. The maximum Gasteiger partial charge on any atom is 0.244 e. The van der Waals surface area contributed by atoms with Crippen LogP contribution in [0.3, 0.4) is 0 Å². The molecule has 2 atom stereocenters. The smallest absolute Gasteiger partial charge is 0.243 e. The van der Waals surface area contributed by atoms with Crippen molar-refractivity contribution >= 4 is 21.6 Å². The zero-order chi connectivity index (χ0) is 12.0. The van der Waals surface area contributed by atoms with Crippen LogP contribution in [0, 0.1) is 5.92 Å². The van der Waals surface area contributed by atoms with Crippen LogP contribution in [0.5, 0.6) is 0 Å². The van der Waals surface area contributed by atoms with Crippen LogP contribution >= 0.6 is 11.6 Å². The first kappa shape index (κ1) is 11.4. The van der Waals surface area contributed by atoms with E-state index in [0.717, 1.165) is 19.3 Å². The summed E-state index contributed by atoms with van der Waals surface area (Å²) in [6, 6.07) is 3.24. The lowest BCUT2D eigenvalue weighted by atomic mass is 10.1. The molecule has 0 radical (unpaired) electrons. The highest BCUT2D eigenvalue weighted by Crippen LogP contribution is 2.40. The normalized spacial score (nSPS) is 28.8. The van der Waals surface area contributed by atoms with Gasteiger partial charge in [-0.25, -0.2) is 13.4 Å². The Balaban J connectivity index is 1.93. The number of aromatic nitrogens is 1. The molecule has 92 valence electrons. The van der Waals surface area contributed by atoms with Crippen molar-refractivity contribution in [3.63, 3.8) is 0 Å². The third-order valence-corrected chi connectivity index (χ3v) is 5.79. The molecule has 1 aromatic rings. The molecule has 2 aliphatic rings. The molecular formula is C11H13ClN2O2S. The van der Waals surface area contributed by atoms with Gasteiger partial charge >= 0.3 is 0 Å². The quantitative estimate of drug-likeness (QED) is 0.773. The zero-order valence-corrected chi connectivity index (χ0v) is 10.8. The summed E-state index contributed by atoms with van der Waals surface area (Å²) in [4.78, 5) is 4.08. The highest BCUT2D eigenvalue weighted by Gasteiger charge is 2.44. The minimum absolute atomic E-state index is 0.195. The Morgan fingerprint density at radius 1 is 1.35 bits per heavy atom. The standard InChI is InChI=1S/C11H13ClN2O2S/c12-11-4-3-10(6-13-11)17(15,16)14-7-8-1-2-9(14)5-8/h3-4,6,8-9H,1-2,5,7H2. The molecule has 17 heavy (non-hydrogen) atoms. The second-order valence-corrected chi connectivity index (χ2v) is 7.00. The van der Waals surface area contributed by atoms with Crippen molar-refractivity contribution in [2.24, 2.45) is 5.92 Å². The first-order chi connectivity index (χ1) is 8.07. The van der Waals surface area contributed by atoms with Gasteiger partial charge in [0.1, 0.15) is 10.0 Å². The zero-order valence-electron chi connectivity index (χ0n) is 9.21. The Morgan fingerprint density at radius 2 is 2.18 bits per heavy atom. The fourth-order valence-electron chi connectivity index (χ4n) is 2.82. The van der Waals surface area contributed by atoms with Crippen molar-refractivity contribution < 1.29 is 8.42 Å². The summed E-state index contributed by atoms with van der Waals surface area (Å²) in [5.41, 5.74) is 0. The summed E-state index contributed by atoms with van der Waals surface area (Å²) in [7, 11) is -3.37.